The molecule has 0 unspecified atom stereocenters. The minimum atomic E-state index is -0.658. The number of halogens is 2. The summed E-state index contributed by atoms with van der Waals surface area (Å²) in [7, 11) is 0. The molecule has 1 heterocycles. The van der Waals surface area contributed by atoms with Gasteiger partial charge in [-0.2, -0.15) is 0 Å². The molecule has 6 heteroatoms. The van der Waals surface area contributed by atoms with Crippen LogP contribution in [-0.2, 0) is 9.59 Å². The van der Waals surface area contributed by atoms with E-state index in [1.165, 1.54) is 25.0 Å². The molecule has 1 N–H and O–H groups in total. The summed E-state index contributed by atoms with van der Waals surface area (Å²) in [4.78, 5) is 25.8. The monoisotopic (exact) mass is 369 g/mol. The van der Waals surface area contributed by atoms with Gasteiger partial charge in [0.15, 0.2) is 5.76 Å². The zero-order valence-corrected chi connectivity index (χ0v) is 15.2. The third kappa shape index (κ3) is 4.11. The summed E-state index contributed by atoms with van der Waals surface area (Å²) < 4.78 is 0. The van der Waals surface area contributed by atoms with E-state index in [0.717, 1.165) is 30.6 Å². The lowest BCUT2D eigenvalue weighted by molar-refractivity contribution is -0.138. The van der Waals surface area contributed by atoms with E-state index in [2.05, 4.69) is 6.92 Å². The number of rotatable bonds is 8. The molecule has 0 aliphatic carbocycles. The third-order valence-corrected chi connectivity index (χ3v) is 4.63. The Kier molecular flexibility index (Phi) is 6.69. The Morgan fingerprint density at radius 3 is 2.33 bits per heavy atom. The van der Waals surface area contributed by atoms with E-state index >= 15 is 0 Å². The van der Waals surface area contributed by atoms with Gasteiger partial charge in [-0.15, -0.1) is 0 Å². The zero-order chi connectivity index (χ0) is 17.7. The fourth-order valence-electron chi connectivity index (χ4n) is 2.75. The molecule has 1 aromatic carbocycles. The molecule has 0 fully saturated rings. The first-order valence-corrected chi connectivity index (χ1v) is 8.97. The second-order valence-electron chi connectivity index (χ2n) is 5.88. The number of hydrogen-bond acceptors (Lipinski definition) is 3. The van der Waals surface area contributed by atoms with E-state index in [-0.39, 0.29) is 10.6 Å². The Morgan fingerprint density at radius 1 is 1.00 bits per heavy atom. The normalized spacial score (nSPS) is 14.9. The van der Waals surface area contributed by atoms with Crippen molar-refractivity contribution >= 4 is 40.6 Å². The predicted molar refractivity (Wildman–Crippen MR) is 96.1 cm³/mol. The molecular weight excluding hydrogens is 349 g/mol. The van der Waals surface area contributed by atoms with Crippen molar-refractivity contribution in [1.82, 2.24) is 4.90 Å². The highest BCUT2D eigenvalue weighted by Gasteiger charge is 2.39. The van der Waals surface area contributed by atoms with Crippen LogP contribution in [0.4, 0.5) is 0 Å². The van der Waals surface area contributed by atoms with Gasteiger partial charge in [0.25, 0.3) is 11.8 Å². The van der Waals surface area contributed by atoms with Crippen LogP contribution in [0.25, 0.3) is 5.57 Å². The maximum Gasteiger partial charge on any atom is 0.296 e. The van der Waals surface area contributed by atoms with Gasteiger partial charge in [0.2, 0.25) is 0 Å². The number of carbonyl (C=O) groups is 2. The maximum absolute atomic E-state index is 12.5. The molecule has 1 aliphatic heterocycles. The van der Waals surface area contributed by atoms with Crippen molar-refractivity contribution in [3.63, 3.8) is 0 Å². The smallest absolute Gasteiger partial charge is 0.296 e. The number of carbonyl (C=O) groups excluding carboxylic acids is 2. The number of benzene rings is 1. The topological polar surface area (TPSA) is 57.6 Å². The fourth-order valence-corrected chi connectivity index (χ4v) is 3.25. The van der Waals surface area contributed by atoms with Crippen molar-refractivity contribution < 1.29 is 14.7 Å². The van der Waals surface area contributed by atoms with Crippen LogP contribution < -0.4 is 0 Å². The molecule has 24 heavy (non-hydrogen) atoms. The molecule has 0 radical (unpaired) electrons. The van der Waals surface area contributed by atoms with Crippen LogP contribution in [-0.4, -0.2) is 28.4 Å². The number of aliphatic hydroxyl groups excluding tert-OH is 1. The van der Waals surface area contributed by atoms with E-state index < -0.39 is 17.6 Å². The minimum absolute atomic E-state index is 0.0485. The average molecular weight is 370 g/mol. The van der Waals surface area contributed by atoms with Gasteiger partial charge in [-0.05, 0) is 18.6 Å². The lowest BCUT2D eigenvalue weighted by Gasteiger charge is -2.14. The van der Waals surface area contributed by atoms with Gasteiger partial charge < -0.3 is 5.11 Å². The highest BCUT2D eigenvalue weighted by molar-refractivity contribution is 6.40. The Labute approximate surface area is 152 Å². The van der Waals surface area contributed by atoms with Crippen LogP contribution in [0.3, 0.4) is 0 Å². The fraction of sp³-hybridized carbons (Fsp3) is 0.444. The molecule has 2 amide bonds. The van der Waals surface area contributed by atoms with Gasteiger partial charge in [0.05, 0.1) is 10.6 Å². The van der Waals surface area contributed by atoms with E-state index in [1.54, 1.807) is 6.07 Å². The van der Waals surface area contributed by atoms with Gasteiger partial charge in [-0.25, -0.2) is 0 Å². The SMILES string of the molecule is CCCCCCCCN1C(=O)C(O)=C(c2ccc(Cl)cc2Cl)C1=O. The highest BCUT2D eigenvalue weighted by Crippen LogP contribution is 2.34. The number of hydrogen-bond donors (Lipinski definition) is 1. The molecule has 1 aromatic rings. The number of imide groups is 1. The van der Waals surface area contributed by atoms with E-state index in [4.69, 9.17) is 23.2 Å². The molecule has 4 nitrogen and oxygen atoms in total. The molecule has 0 atom stereocenters. The lowest BCUT2D eigenvalue weighted by Crippen LogP contribution is -2.32. The van der Waals surface area contributed by atoms with Crippen molar-refractivity contribution in [2.24, 2.45) is 0 Å². The predicted octanol–water partition coefficient (Wildman–Crippen LogP) is 4.99. The maximum atomic E-state index is 12.5. The summed E-state index contributed by atoms with van der Waals surface area (Å²) in [5.74, 6) is -1.71. The molecule has 2 rings (SSSR count). The summed E-state index contributed by atoms with van der Waals surface area (Å²) in [6, 6.07) is 4.58. The standard InChI is InChI=1S/C18H21Cl2NO3/c1-2-3-4-5-6-7-10-21-17(23)15(16(22)18(21)24)13-9-8-12(19)11-14(13)20/h8-9,11,22H,2-7,10H2,1H3. The van der Waals surface area contributed by atoms with Crippen molar-refractivity contribution in [2.75, 3.05) is 6.54 Å². The third-order valence-electron chi connectivity index (χ3n) is 4.08. The van der Waals surface area contributed by atoms with Gasteiger partial charge >= 0.3 is 0 Å². The molecule has 130 valence electrons. The second-order valence-corrected chi connectivity index (χ2v) is 6.72. The number of nitrogens with zero attached hydrogens (tertiary/aromatic N) is 1. The van der Waals surface area contributed by atoms with E-state index in [1.807, 2.05) is 0 Å². The Bertz CT molecular complexity index is 670. The summed E-state index contributed by atoms with van der Waals surface area (Å²) in [5, 5.41) is 10.7. The van der Waals surface area contributed by atoms with Crippen LogP contribution in [0.1, 0.15) is 51.0 Å². The van der Waals surface area contributed by atoms with Gasteiger partial charge in [-0.1, -0.05) is 68.3 Å². The number of aliphatic hydroxyl groups is 1. The van der Waals surface area contributed by atoms with Crippen LogP contribution >= 0.6 is 23.2 Å². The van der Waals surface area contributed by atoms with E-state index in [9.17, 15) is 14.7 Å². The number of amides is 2. The van der Waals surface area contributed by atoms with Crippen LogP contribution in [0, 0.1) is 0 Å². The van der Waals surface area contributed by atoms with Gasteiger partial charge in [0.1, 0.15) is 0 Å². The first kappa shape index (κ1) is 18.8. The Balaban J connectivity index is 2.04. The molecule has 0 saturated carbocycles. The first-order valence-electron chi connectivity index (χ1n) is 8.22. The van der Waals surface area contributed by atoms with Crippen LogP contribution in [0.5, 0.6) is 0 Å². The summed E-state index contributed by atoms with van der Waals surface area (Å²) >= 11 is 11.9. The van der Waals surface area contributed by atoms with Crippen LogP contribution in [0.15, 0.2) is 24.0 Å². The lowest BCUT2D eigenvalue weighted by atomic mass is 10.1. The summed E-state index contributed by atoms with van der Waals surface area (Å²) in [5.41, 5.74) is 0.273. The van der Waals surface area contributed by atoms with Crippen molar-refractivity contribution in [1.29, 1.82) is 0 Å². The quantitative estimate of drug-likeness (QED) is 0.518. The summed E-state index contributed by atoms with van der Waals surface area (Å²) in [6.45, 7) is 2.46. The Hall–Kier alpha value is -1.52. The average Bonchev–Trinajstić information content (AvgIpc) is 2.75. The Morgan fingerprint density at radius 2 is 1.67 bits per heavy atom. The van der Waals surface area contributed by atoms with E-state index in [0.29, 0.717) is 17.1 Å². The molecule has 0 bridgehead atoms. The molecule has 1 aliphatic rings. The molecular formula is C18H21Cl2NO3. The molecule has 0 aromatic heterocycles. The van der Waals surface area contributed by atoms with Gasteiger partial charge in [0, 0.05) is 17.1 Å². The van der Waals surface area contributed by atoms with Crippen molar-refractivity contribution in [3.8, 4) is 0 Å². The second kappa shape index (κ2) is 8.54. The zero-order valence-electron chi connectivity index (χ0n) is 13.6. The van der Waals surface area contributed by atoms with Gasteiger partial charge in [-0.3, -0.25) is 14.5 Å². The van der Waals surface area contributed by atoms with Crippen molar-refractivity contribution in [2.45, 2.75) is 45.4 Å². The molecule has 0 spiro atoms. The van der Waals surface area contributed by atoms with Crippen molar-refractivity contribution in [3.05, 3.63) is 39.6 Å². The highest BCUT2D eigenvalue weighted by atomic mass is 35.5. The largest absolute Gasteiger partial charge is 0.502 e. The molecule has 0 saturated heterocycles. The number of unbranched alkanes of at least 4 members (excludes halogenated alkanes) is 5. The van der Waals surface area contributed by atoms with Crippen LogP contribution in [0.2, 0.25) is 10.0 Å². The first-order chi connectivity index (χ1) is 11.5. The minimum Gasteiger partial charge on any atom is -0.502 e. The summed E-state index contributed by atoms with van der Waals surface area (Å²) in [6.07, 6.45) is 6.30.